The van der Waals surface area contributed by atoms with Crippen LogP contribution in [0.2, 0.25) is 0 Å². The minimum Gasteiger partial charge on any atom is -0.481 e. The van der Waals surface area contributed by atoms with E-state index in [2.05, 4.69) is 0 Å². The Morgan fingerprint density at radius 2 is 2.08 bits per heavy atom. The van der Waals surface area contributed by atoms with Gasteiger partial charge in [0, 0.05) is 12.6 Å². The zero-order chi connectivity index (χ0) is 10.3. The Morgan fingerprint density at radius 1 is 1.46 bits per heavy atom. The molecule has 0 spiro atoms. The Bertz CT molecular complexity index is 146. The van der Waals surface area contributed by atoms with Crippen molar-refractivity contribution in [3.05, 3.63) is 0 Å². The van der Waals surface area contributed by atoms with Gasteiger partial charge in [0.25, 0.3) is 0 Å². The Morgan fingerprint density at radius 3 is 2.38 bits per heavy atom. The number of aliphatic hydroxyl groups excluding tert-OH is 1. The van der Waals surface area contributed by atoms with E-state index in [9.17, 15) is 4.79 Å². The summed E-state index contributed by atoms with van der Waals surface area (Å²) in [6.45, 7) is 5.37. The lowest BCUT2D eigenvalue weighted by Gasteiger charge is -2.27. The van der Waals surface area contributed by atoms with Crippen LogP contribution in [-0.4, -0.2) is 46.8 Å². The number of hydrogen-bond acceptors (Lipinski definition) is 3. The number of hydrogen-bond donors (Lipinski definition) is 2. The first kappa shape index (κ1) is 12.4. The van der Waals surface area contributed by atoms with Crippen LogP contribution in [0.25, 0.3) is 0 Å². The van der Waals surface area contributed by atoms with E-state index in [1.165, 1.54) is 0 Å². The van der Waals surface area contributed by atoms with Crippen molar-refractivity contribution >= 4 is 5.97 Å². The van der Waals surface area contributed by atoms with Crippen molar-refractivity contribution in [1.82, 2.24) is 4.90 Å². The third kappa shape index (κ3) is 4.85. The largest absolute Gasteiger partial charge is 0.481 e. The number of carbonyl (C=O) groups is 1. The summed E-state index contributed by atoms with van der Waals surface area (Å²) in [7, 11) is 0. The Labute approximate surface area is 79.2 Å². The highest BCUT2D eigenvalue weighted by atomic mass is 16.4. The topological polar surface area (TPSA) is 60.8 Å². The molecule has 0 aromatic rings. The summed E-state index contributed by atoms with van der Waals surface area (Å²) in [5.41, 5.74) is 0. The van der Waals surface area contributed by atoms with Crippen molar-refractivity contribution in [3.63, 3.8) is 0 Å². The molecule has 0 fully saturated rings. The monoisotopic (exact) mass is 189 g/mol. The summed E-state index contributed by atoms with van der Waals surface area (Å²) < 4.78 is 0. The van der Waals surface area contributed by atoms with E-state index >= 15 is 0 Å². The van der Waals surface area contributed by atoms with Crippen LogP contribution in [0.4, 0.5) is 0 Å². The predicted octanol–water partition coefficient (Wildman–Crippen LogP) is 0.554. The molecule has 4 heteroatoms. The Hall–Kier alpha value is -0.610. The first-order valence-electron chi connectivity index (χ1n) is 4.72. The maximum atomic E-state index is 10.3. The van der Waals surface area contributed by atoms with Crippen LogP contribution in [0.5, 0.6) is 0 Å². The van der Waals surface area contributed by atoms with Crippen LogP contribution in [0, 0.1) is 0 Å². The lowest BCUT2D eigenvalue weighted by molar-refractivity contribution is -0.137. The third-order valence-electron chi connectivity index (χ3n) is 2.22. The molecule has 0 aliphatic heterocycles. The molecule has 0 radical (unpaired) electrons. The molecular weight excluding hydrogens is 170 g/mol. The van der Waals surface area contributed by atoms with Gasteiger partial charge in [-0.25, -0.2) is 0 Å². The van der Waals surface area contributed by atoms with Crippen molar-refractivity contribution in [1.29, 1.82) is 0 Å². The molecule has 1 unspecified atom stereocenters. The van der Waals surface area contributed by atoms with Gasteiger partial charge in [0.2, 0.25) is 0 Å². The number of carboxylic acid groups (broad SMARTS) is 1. The predicted molar refractivity (Wildman–Crippen MR) is 50.7 cm³/mol. The van der Waals surface area contributed by atoms with E-state index in [4.69, 9.17) is 10.2 Å². The highest BCUT2D eigenvalue weighted by molar-refractivity contribution is 5.66. The van der Waals surface area contributed by atoms with Crippen LogP contribution < -0.4 is 0 Å². The molecule has 0 heterocycles. The summed E-state index contributed by atoms with van der Waals surface area (Å²) in [6.07, 6.45) is 0.994. The van der Waals surface area contributed by atoms with E-state index in [-0.39, 0.29) is 19.1 Å². The number of aliphatic carboxylic acids is 1. The van der Waals surface area contributed by atoms with Gasteiger partial charge in [0.15, 0.2) is 0 Å². The van der Waals surface area contributed by atoms with E-state index in [1.54, 1.807) is 0 Å². The van der Waals surface area contributed by atoms with Crippen molar-refractivity contribution in [2.45, 2.75) is 32.7 Å². The molecule has 0 saturated heterocycles. The van der Waals surface area contributed by atoms with E-state index in [0.717, 1.165) is 13.0 Å². The molecule has 0 aromatic carbocycles. The molecule has 2 N–H and O–H groups in total. The second kappa shape index (κ2) is 6.86. The quantitative estimate of drug-likeness (QED) is 0.614. The Balaban J connectivity index is 3.92. The van der Waals surface area contributed by atoms with Gasteiger partial charge in [-0.3, -0.25) is 9.69 Å². The van der Waals surface area contributed by atoms with Gasteiger partial charge in [0.1, 0.15) is 0 Å². The number of rotatable bonds is 7. The van der Waals surface area contributed by atoms with Gasteiger partial charge >= 0.3 is 5.97 Å². The van der Waals surface area contributed by atoms with Gasteiger partial charge in [0.05, 0.1) is 13.0 Å². The van der Waals surface area contributed by atoms with Crippen LogP contribution in [0.15, 0.2) is 0 Å². The first-order chi connectivity index (χ1) is 6.15. The van der Waals surface area contributed by atoms with Gasteiger partial charge in [-0.15, -0.1) is 0 Å². The Kier molecular flexibility index (Phi) is 6.54. The van der Waals surface area contributed by atoms with E-state index in [1.807, 2.05) is 18.7 Å². The highest BCUT2D eigenvalue weighted by Crippen LogP contribution is 2.03. The van der Waals surface area contributed by atoms with E-state index in [0.29, 0.717) is 6.54 Å². The maximum Gasteiger partial charge on any atom is 0.304 e. The third-order valence-corrected chi connectivity index (χ3v) is 2.22. The molecule has 0 aromatic heterocycles. The first-order valence-corrected chi connectivity index (χ1v) is 4.72. The van der Waals surface area contributed by atoms with Gasteiger partial charge in [-0.1, -0.05) is 13.8 Å². The summed E-state index contributed by atoms with van der Waals surface area (Å²) in [4.78, 5) is 12.3. The molecule has 0 amide bonds. The number of aliphatic hydroxyl groups is 1. The summed E-state index contributed by atoms with van der Waals surface area (Å²) in [6, 6.07) is 0.101. The zero-order valence-corrected chi connectivity index (χ0v) is 8.36. The summed E-state index contributed by atoms with van der Waals surface area (Å²) in [5.74, 6) is -0.786. The normalized spacial score (nSPS) is 13.2. The summed E-state index contributed by atoms with van der Waals surface area (Å²) in [5, 5.41) is 17.5. The minimum atomic E-state index is -0.786. The van der Waals surface area contributed by atoms with Crippen molar-refractivity contribution in [2.75, 3.05) is 19.7 Å². The van der Waals surface area contributed by atoms with E-state index < -0.39 is 5.97 Å². The average molecular weight is 189 g/mol. The highest BCUT2D eigenvalue weighted by Gasteiger charge is 2.14. The van der Waals surface area contributed by atoms with Crippen molar-refractivity contribution < 1.29 is 15.0 Å². The fourth-order valence-electron chi connectivity index (χ4n) is 1.34. The van der Waals surface area contributed by atoms with Crippen molar-refractivity contribution in [3.8, 4) is 0 Å². The molecule has 78 valence electrons. The molecule has 0 aliphatic carbocycles. The van der Waals surface area contributed by atoms with Crippen molar-refractivity contribution in [2.24, 2.45) is 0 Å². The lowest BCUT2D eigenvalue weighted by Crippen LogP contribution is -2.38. The zero-order valence-electron chi connectivity index (χ0n) is 8.36. The molecule has 13 heavy (non-hydrogen) atoms. The molecular formula is C9H19NO3. The standard InChI is InChI=1S/C9H19NO3/c1-3-8(7-11)10(4-2)6-5-9(12)13/h8,11H,3-7H2,1-2H3,(H,12,13). The SMILES string of the molecule is CCC(CO)N(CC)CCC(=O)O. The fourth-order valence-corrected chi connectivity index (χ4v) is 1.34. The minimum absolute atomic E-state index is 0.101. The molecule has 0 bridgehead atoms. The molecule has 4 nitrogen and oxygen atoms in total. The maximum absolute atomic E-state index is 10.3. The second-order valence-electron chi connectivity index (χ2n) is 3.02. The average Bonchev–Trinajstić information content (AvgIpc) is 2.11. The summed E-state index contributed by atoms with van der Waals surface area (Å²) >= 11 is 0. The van der Waals surface area contributed by atoms with Gasteiger partial charge in [-0.05, 0) is 13.0 Å². The fraction of sp³-hybridized carbons (Fsp3) is 0.889. The number of nitrogens with zero attached hydrogens (tertiary/aromatic N) is 1. The molecule has 1 atom stereocenters. The molecule has 0 aliphatic rings. The molecule has 0 saturated carbocycles. The van der Waals surface area contributed by atoms with Crippen LogP contribution in [0.3, 0.4) is 0 Å². The molecule has 0 rings (SSSR count). The smallest absolute Gasteiger partial charge is 0.304 e. The van der Waals surface area contributed by atoms with Crippen LogP contribution in [0.1, 0.15) is 26.7 Å². The van der Waals surface area contributed by atoms with Crippen LogP contribution >= 0.6 is 0 Å². The second-order valence-corrected chi connectivity index (χ2v) is 3.02. The van der Waals surface area contributed by atoms with Gasteiger partial charge in [-0.2, -0.15) is 0 Å². The van der Waals surface area contributed by atoms with Crippen LogP contribution in [-0.2, 0) is 4.79 Å². The van der Waals surface area contributed by atoms with Gasteiger partial charge < -0.3 is 10.2 Å². The lowest BCUT2D eigenvalue weighted by atomic mass is 10.2. The number of likely N-dealkylation sites (N-methyl/N-ethyl adjacent to an activating group) is 1. The number of carboxylic acids is 1.